The molecule has 0 aromatic carbocycles. The summed E-state index contributed by atoms with van der Waals surface area (Å²) in [7, 11) is 0. The fourth-order valence-electron chi connectivity index (χ4n) is 1.53. The van der Waals surface area contributed by atoms with Gasteiger partial charge in [-0.15, -0.1) is 0 Å². The van der Waals surface area contributed by atoms with E-state index in [9.17, 15) is 4.79 Å². The summed E-state index contributed by atoms with van der Waals surface area (Å²) in [6.07, 6.45) is 2.29. The molecule has 0 aliphatic heterocycles. The Morgan fingerprint density at radius 3 is 2.88 bits per heavy atom. The van der Waals surface area contributed by atoms with Gasteiger partial charge in [-0.3, -0.25) is 4.79 Å². The number of hydrogen-bond acceptors (Lipinski definition) is 4. The highest BCUT2D eigenvalue weighted by atomic mass is 16.5. The fraction of sp³-hybridized carbons (Fsp3) is 0.636. The van der Waals surface area contributed by atoms with Crippen LogP contribution >= 0.6 is 0 Å². The van der Waals surface area contributed by atoms with Crippen molar-refractivity contribution in [1.29, 1.82) is 0 Å². The first kappa shape index (κ1) is 12.7. The fourth-order valence-corrected chi connectivity index (χ4v) is 1.53. The molecule has 5 nitrogen and oxygen atoms in total. The van der Waals surface area contributed by atoms with Gasteiger partial charge < -0.3 is 15.6 Å². The van der Waals surface area contributed by atoms with Crippen molar-refractivity contribution in [3.8, 4) is 0 Å². The third-order valence-corrected chi connectivity index (χ3v) is 2.35. The molecule has 0 radical (unpaired) electrons. The van der Waals surface area contributed by atoms with Gasteiger partial charge in [-0.25, -0.2) is 0 Å². The molecule has 16 heavy (non-hydrogen) atoms. The topological polar surface area (TPSA) is 81.2 Å². The first-order valence-corrected chi connectivity index (χ1v) is 5.50. The van der Waals surface area contributed by atoms with Crippen molar-refractivity contribution in [3.63, 3.8) is 0 Å². The van der Waals surface area contributed by atoms with Crippen molar-refractivity contribution in [2.75, 3.05) is 6.54 Å². The molecule has 0 spiro atoms. The molecule has 1 rings (SSSR count). The molecular weight excluding hydrogens is 206 g/mol. The van der Waals surface area contributed by atoms with Crippen LogP contribution in [-0.4, -0.2) is 17.6 Å². The lowest BCUT2D eigenvalue weighted by atomic mass is 9.96. The molecule has 0 aliphatic rings. The Morgan fingerprint density at radius 2 is 2.38 bits per heavy atom. The second kappa shape index (κ2) is 6.27. The highest BCUT2D eigenvalue weighted by Gasteiger charge is 2.17. The molecule has 1 atom stereocenters. The van der Waals surface area contributed by atoms with Crippen LogP contribution in [0.5, 0.6) is 0 Å². The van der Waals surface area contributed by atoms with Crippen LogP contribution < -0.4 is 11.1 Å². The van der Waals surface area contributed by atoms with Crippen LogP contribution in [0.25, 0.3) is 0 Å². The highest BCUT2D eigenvalue weighted by molar-refractivity contribution is 5.78. The molecule has 90 valence electrons. The third kappa shape index (κ3) is 4.02. The van der Waals surface area contributed by atoms with Crippen molar-refractivity contribution in [2.24, 2.45) is 17.6 Å². The normalized spacial score (nSPS) is 12.8. The van der Waals surface area contributed by atoms with Crippen molar-refractivity contribution < 1.29 is 9.32 Å². The summed E-state index contributed by atoms with van der Waals surface area (Å²) >= 11 is 0. The number of nitrogens with zero attached hydrogens (tertiary/aromatic N) is 1. The van der Waals surface area contributed by atoms with Gasteiger partial charge >= 0.3 is 0 Å². The van der Waals surface area contributed by atoms with Crippen LogP contribution in [0.1, 0.15) is 26.0 Å². The maximum atomic E-state index is 11.8. The Bertz CT molecular complexity index is 309. The first-order chi connectivity index (χ1) is 7.63. The first-order valence-electron chi connectivity index (χ1n) is 5.50. The number of carbonyl (C=O) groups is 1. The zero-order valence-corrected chi connectivity index (χ0v) is 9.77. The average Bonchev–Trinajstić information content (AvgIpc) is 2.75. The van der Waals surface area contributed by atoms with Crippen LogP contribution in [0.4, 0.5) is 0 Å². The minimum atomic E-state index is -0.119. The van der Waals surface area contributed by atoms with Crippen LogP contribution in [-0.2, 0) is 11.3 Å². The number of hydrogen-bond donors (Lipinski definition) is 2. The van der Waals surface area contributed by atoms with Gasteiger partial charge in [-0.05, 0) is 12.3 Å². The second-order valence-electron chi connectivity index (χ2n) is 4.27. The molecule has 0 saturated carbocycles. The number of amides is 1. The lowest BCUT2D eigenvalue weighted by molar-refractivity contribution is -0.125. The molecule has 1 amide bonds. The molecule has 0 aliphatic carbocycles. The van der Waals surface area contributed by atoms with E-state index in [1.807, 2.05) is 0 Å². The van der Waals surface area contributed by atoms with Gasteiger partial charge in [0, 0.05) is 12.6 Å². The minimum absolute atomic E-state index is 0.0146. The van der Waals surface area contributed by atoms with E-state index in [1.54, 1.807) is 6.07 Å². The van der Waals surface area contributed by atoms with E-state index in [2.05, 4.69) is 28.8 Å². The Kier molecular flexibility index (Phi) is 4.98. The van der Waals surface area contributed by atoms with Gasteiger partial charge in [0.25, 0.3) is 0 Å². The highest BCUT2D eigenvalue weighted by Crippen LogP contribution is 2.10. The van der Waals surface area contributed by atoms with Crippen LogP contribution in [0, 0.1) is 11.8 Å². The van der Waals surface area contributed by atoms with E-state index in [4.69, 9.17) is 5.73 Å². The number of rotatable bonds is 6. The molecule has 0 saturated heterocycles. The van der Waals surface area contributed by atoms with E-state index in [1.165, 1.54) is 6.26 Å². The van der Waals surface area contributed by atoms with Crippen LogP contribution in [0.3, 0.4) is 0 Å². The van der Waals surface area contributed by atoms with E-state index in [0.29, 0.717) is 24.7 Å². The quantitative estimate of drug-likeness (QED) is 0.754. The minimum Gasteiger partial charge on any atom is -0.364 e. The third-order valence-electron chi connectivity index (χ3n) is 2.35. The summed E-state index contributed by atoms with van der Waals surface area (Å²) in [5.74, 6) is 0.331. The van der Waals surface area contributed by atoms with Crippen molar-refractivity contribution in [1.82, 2.24) is 10.5 Å². The monoisotopic (exact) mass is 225 g/mol. The summed E-state index contributed by atoms with van der Waals surface area (Å²) < 4.78 is 4.67. The zero-order valence-electron chi connectivity index (χ0n) is 9.77. The predicted octanol–water partition coefficient (Wildman–Crippen LogP) is 0.912. The van der Waals surface area contributed by atoms with Gasteiger partial charge in [0.2, 0.25) is 5.91 Å². The number of aromatic nitrogens is 1. The van der Waals surface area contributed by atoms with Gasteiger partial charge in [0.15, 0.2) is 0 Å². The molecule has 3 N–H and O–H groups in total. The van der Waals surface area contributed by atoms with E-state index in [-0.39, 0.29) is 11.8 Å². The molecule has 0 bridgehead atoms. The summed E-state index contributed by atoms with van der Waals surface area (Å²) in [5, 5.41) is 6.51. The van der Waals surface area contributed by atoms with Gasteiger partial charge in [0.05, 0.1) is 12.5 Å². The molecule has 1 aromatic rings. The van der Waals surface area contributed by atoms with Crippen LogP contribution in [0.15, 0.2) is 16.9 Å². The van der Waals surface area contributed by atoms with Crippen LogP contribution in [0.2, 0.25) is 0 Å². The predicted molar refractivity (Wildman–Crippen MR) is 60.3 cm³/mol. The SMILES string of the molecule is CC(C)CC(CN)C(=O)NCc1ccon1. The average molecular weight is 225 g/mol. The summed E-state index contributed by atoms with van der Waals surface area (Å²) in [5.41, 5.74) is 6.29. The number of nitrogens with two attached hydrogens (primary N) is 1. The Balaban J connectivity index is 2.37. The largest absolute Gasteiger partial charge is 0.364 e. The molecule has 1 aromatic heterocycles. The lowest BCUT2D eigenvalue weighted by Crippen LogP contribution is -2.35. The molecule has 5 heteroatoms. The summed E-state index contributed by atoms with van der Waals surface area (Å²) in [4.78, 5) is 11.8. The Labute approximate surface area is 95.4 Å². The standard InChI is InChI=1S/C11H19N3O2/c1-8(2)5-9(6-12)11(15)13-7-10-3-4-16-14-10/h3-4,8-9H,5-7,12H2,1-2H3,(H,13,15). The summed E-state index contributed by atoms with van der Waals surface area (Å²) in [6.45, 7) is 4.92. The second-order valence-corrected chi connectivity index (χ2v) is 4.27. The smallest absolute Gasteiger partial charge is 0.224 e. The number of carbonyl (C=O) groups excluding carboxylic acids is 1. The molecule has 1 heterocycles. The van der Waals surface area contributed by atoms with E-state index >= 15 is 0 Å². The zero-order chi connectivity index (χ0) is 12.0. The van der Waals surface area contributed by atoms with Gasteiger partial charge in [-0.1, -0.05) is 19.0 Å². The Hall–Kier alpha value is -1.36. The van der Waals surface area contributed by atoms with Gasteiger partial charge in [-0.2, -0.15) is 0 Å². The van der Waals surface area contributed by atoms with Crippen molar-refractivity contribution in [3.05, 3.63) is 18.0 Å². The van der Waals surface area contributed by atoms with E-state index < -0.39 is 0 Å². The maximum absolute atomic E-state index is 11.8. The molecule has 1 unspecified atom stereocenters. The molecular formula is C11H19N3O2. The van der Waals surface area contributed by atoms with Crippen molar-refractivity contribution >= 4 is 5.91 Å². The lowest BCUT2D eigenvalue weighted by Gasteiger charge is -2.16. The van der Waals surface area contributed by atoms with E-state index in [0.717, 1.165) is 6.42 Å². The van der Waals surface area contributed by atoms with Gasteiger partial charge in [0.1, 0.15) is 12.0 Å². The number of nitrogens with one attached hydrogen (secondary N) is 1. The van der Waals surface area contributed by atoms with Crippen molar-refractivity contribution in [2.45, 2.75) is 26.8 Å². The maximum Gasteiger partial charge on any atom is 0.224 e. The molecule has 0 fully saturated rings. The summed E-state index contributed by atoms with van der Waals surface area (Å²) in [6, 6.07) is 1.72. The Morgan fingerprint density at radius 1 is 1.62 bits per heavy atom.